The summed E-state index contributed by atoms with van der Waals surface area (Å²) in [6, 6.07) is 6.91. The first kappa shape index (κ1) is 13.0. The lowest BCUT2D eigenvalue weighted by molar-refractivity contribution is 0.0586. The van der Waals surface area contributed by atoms with Crippen LogP contribution >= 0.6 is 0 Å². The van der Waals surface area contributed by atoms with Crippen LogP contribution in [0, 0.1) is 0 Å². The number of ether oxygens (including phenoxy) is 2. The van der Waals surface area contributed by atoms with Gasteiger partial charge in [-0.2, -0.15) is 0 Å². The van der Waals surface area contributed by atoms with Gasteiger partial charge in [0.25, 0.3) is 0 Å². The molecule has 0 fully saturated rings. The third-order valence-corrected chi connectivity index (χ3v) is 2.59. The Labute approximate surface area is 109 Å². The maximum atomic E-state index is 11.7. The highest BCUT2D eigenvalue weighted by Gasteiger charge is 2.21. The molecule has 1 N–H and O–H groups in total. The number of aromatic nitrogens is 3. The summed E-state index contributed by atoms with van der Waals surface area (Å²) >= 11 is 0. The van der Waals surface area contributed by atoms with Gasteiger partial charge in [-0.25, -0.2) is 9.48 Å². The van der Waals surface area contributed by atoms with Gasteiger partial charge in [-0.3, -0.25) is 0 Å². The van der Waals surface area contributed by atoms with Crippen molar-refractivity contribution >= 4 is 5.97 Å². The monoisotopic (exact) mass is 263 g/mol. The Morgan fingerprint density at radius 3 is 2.53 bits per heavy atom. The predicted molar refractivity (Wildman–Crippen MR) is 65.2 cm³/mol. The molecule has 2 aromatic rings. The molecule has 2 rings (SSSR count). The number of aliphatic hydroxyl groups is 1. The molecule has 0 aliphatic heterocycles. The summed E-state index contributed by atoms with van der Waals surface area (Å²) in [5.74, 6) is 0.0794. The summed E-state index contributed by atoms with van der Waals surface area (Å²) in [5, 5.41) is 16.8. The molecule has 0 unspecified atom stereocenters. The summed E-state index contributed by atoms with van der Waals surface area (Å²) < 4.78 is 11.0. The summed E-state index contributed by atoms with van der Waals surface area (Å²) in [6.07, 6.45) is 0. The van der Waals surface area contributed by atoms with E-state index in [9.17, 15) is 4.79 Å². The molecule has 19 heavy (non-hydrogen) atoms. The van der Waals surface area contributed by atoms with Crippen molar-refractivity contribution < 1.29 is 19.4 Å². The van der Waals surface area contributed by atoms with Crippen molar-refractivity contribution in [3.8, 4) is 11.4 Å². The van der Waals surface area contributed by atoms with Crippen LogP contribution in [0.1, 0.15) is 16.2 Å². The van der Waals surface area contributed by atoms with E-state index < -0.39 is 5.97 Å². The normalized spacial score (nSPS) is 10.3. The Kier molecular flexibility index (Phi) is 3.76. The first-order chi connectivity index (χ1) is 9.21. The second-order valence-corrected chi connectivity index (χ2v) is 3.64. The third kappa shape index (κ3) is 2.41. The topological polar surface area (TPSA) is 86.5 Å². The number of carbonyl (C=O) groups excluding carboxylic acids is 1. The molecular weight excluding hydrogens is 250 g/mol. The molecule has 1 aromatic heterocycles. The first-order valence-electron chi connectivity index (χ1n) is 5.49. The Morgan fingerprint density at radius 2 is 2.00 bits per heavy atom. The van der Waals surface area contributed by atoms with Crippen molar-refractivity contribution in [2.24, 2.45) is 0 Å². The van der Waals surface area contributed by atoms with Gasteiger partial charge in [0, 0.05) is 0 Å². The quantitative estimate of drug-likeness (QED) is 0.811. The Bertz CT molecular complexity index is 577. The molecule has 0 amide bonds. The van der Waals surface area contributed by atoms with Gasteiger partial charge in [-0.15, -0.1) is 5.10 Å². The maximum Gasteiger partial charge on any atom is 0.358 e. The molecule has 0 radical (unpaired) electrons. The van der Waals surface area contributed by atoms with Crippen LogP contribution in [0.15, 0.2) is 24.3 Å². The minimum Gasteiger partial charge on any atom is -0.497 e. The molecule has 0 atom stereocenters. The highest BCUT2D eigenvalue weighted by atomic mass is 16.5. The molecule has 7 heteroatoms. The number of hydrogen-bond acceptors (Lipinski definition) is 6. The van der Waals surface area contributed by atoms with E-state index in [-0.39, 0.29) is 18.0 Å². The fourth-order valence-electron chi connectivity index (χ4n) is 1.62. The molecule has 0 aliphatic carbocycles. The van der Waals surface area contributed by atoms with E-state index in [0.717, 1.165) is 0 Å². The molecule has 0 spiro atoms. The van der Waals surface area contributed by atoms with E-state index in [0.29, 0.717) is 11.4 Å². The van der Waals surface area contributed by atoms with Gasteiger partial charge in [-0.1, -0.05) is 5.21 Å². The summed E-state index contributed by atoms with van der Waals surface area (Å²) in [7, 11) is 2.82. The average Bonchev–Trinajstić information content (AvgIpc) is 2.90. The smallest absolute Gasteiger partial charge is 0.358 e. The fourth-order valence-corrected chi connectivity index (χ4v) is 1.62. The van der Waals surface area contributed by atoms with Crippen LogP contribution in [0.4, 0.5) is 0 Å². The molecule has 0 bridgehead atoms. The lowest BCUT2D eigenvalue weighted by Crippen LogP contribution is -2.12. The second-order valence-electron chi connectivity index (χ2n) is 3.64. The summed E-state index contributed by atoms with van der Waals surface area (Å²) in [4.78, 5) is 11.7. The zero-order valence-electron chi connectivity index (χ0n) is 10.5. The standard InChI is InChI=1S/C12H13N3O4/c1-18-9-5-3-8(4-6-9)15-11(12(17)19-2)10(7-16)13-14-15/h3-6,16H,7H2,1-2H3. The number of nitrogens with zero attached hydrogens (tertiary/aromatic N) is 3. The largest absolute Gasteiger partial charge is 0.497 e. The number of aliphatic hydroxyl groups excluding tert-OH is 1. The lowest BCUT2D eigenvalue weighted by atomic mass is 10.2. The molecule has 1 aromatic carbocycles. The SMILES string of the molecule is COC(=O)c1c(CO)nnn1-c1ccc(OC)cc1. The van der Waals surface area contributed by atoms with Crippen LogP contribution in [0.2, 0.25) is 0 Å². The lowest BCUT2D eigenvalue weighted by Gasteiger charge is -2.06. The molecule has 1 heterocycles. The van der Waals surface area contributed by atoms with Crippen LogP contribution < -0.4 is 4.74 Å². The number of carbonyl (C=O) groups is 1. The summed E-state index contributed by atoms with van der Waals surface area (Å²) in [5.41, 5.74) is 0.895. The zero-order chi connectivity index (χ0) is 13.8. The number of hydrogen-bond donors (Lipinski definition) is 1. The Balaban J connectivity index is 2.48. The predicted octanol–water partition coefficient (Wildman–Crippen LogP) is 0.555. The van der Waals surface area contributed by atoms with Crippen molar-refractivity contribution in [1.29, 1.82) is 0 Å². The Hall–Kier alpha value is -2.41. The molecule has 0 saturated carbocycles. The highest BCUT2D eigenvalue weighted by Crippen LogP contribution is 2.17. The first-order valence-corrected chi connectivity index (χ1v) is 5.49. The van der Waals surface area contributed by atoms with Gasteiger partial charge in [0.1, 0.15) is 11.4 Å². The Morgan fingerprint density at radius 1 is 1.32 bits per heavy atom. The minimum absolute atomic E-state index is 0.107. The van der Waals surface area contributed by atoms with Gasteiger partial charge in [0.05, 0.1) is 26.5 Å². The van der Waals surface area contributed by atoms with Crippen LogP contribution in [0.25, 0.3) is 5.69 Å². The van der Waals surface area contributed by atoms with Crippen LogP contribution in [-0.2, 0) is 11.3 Å². The maximum absolute atomic E-state index is 11.7. The van der Waals surface area contributed by atoms with Crippen molar-refractivity contribution in [2.75, 3.05) is 14.2 Å². The molecule has 0 aliphatic rings. The van der Waals surface area contributed by atoms with E-state index >= 15 is 0 Å². The third-order valence-electron chi connectivity index (χ3n) is 2.59. The van der Waals surface area contributed by atoms with Gasteiger partial charge >= 0.3 is 5.97 Å². The second kappa shape index (κ2) is 5.49. The van der Waals surface area contributed by atoms with E-state index in [1.165, 1.54) is 11.8 Å². The van der Waals surface area contributed by atoms with Crippen LogP contribution in [-0.4, -0.2) is 40.3 Å². The number of rotatable bonds is 4. The van der Waals surface area contributed by atoms with Crippen LogP contribution in [0.3, 0.4) is 0 Å². The summed E-state index contributed by atoms with van der Waals surface area (Å²) in [6.45, 7) is -0.388. The van der Waals surface area contributed by atoms with E-state index in [1.807, 2.05) is 0 Å². The molecule has 0 saturated heterocycles. The van der Waals surface area contributed by atoms with Crippen molar-refractivity contribution in [2.45, 2.75) is 6.61 Å². The van der Waals surface area contributed by atoms with Gasteiger partial charge < -0.3 is 14.6 Å². The van der Waals surface area contributed by atoms with E-state index in [2.05, 4.69) is 15.0 Å². The molecule has 7 nitrogen and oxygen atoms in total. The zero-order valence-corrected chi connectivity index (χ0v) is 10.5. The van der Waals surface area contributed by atoms with Crippen molar-refractivity contribution in [3.63, 3.8) is 0 Å². The van der Waals surface area contributed by atoms with Crippen molar-refractivity contribution in [1.82, 2.24) is 15.0 Å². The molecular formula is C12H13N3O4. The fraction of sp³-hybridized carbons (Fsp3) is 0.250. The molecule has 100 valence electrons. The number of benzene rings is 1. The van der Waals surface area contributed by atoms with E-state index in [4.69, 9.17) is 9.84 Å². The van der Waals surface area contributed by atoms with Gasteiger partial charge in [-0.05, 0) is 24.3 Å². The van der Waals surface area contributed by atoms with Crippen LogP contribution in [0.5, 0.6) is 5.75 Å². The highest BCUT2D eigenvalue weighted by molar-refractivity contribution is 5.89. The number of esters is 1. The minimum atomic E-state index is -0.607. The van der Waals surface area contributed by atoms with Gasteiger partial charge in [0.2, 0.25) is 0 Å². The van der Waals surface area contributed by atoms with E-state index in [1.54, 1.807) is 31.4 Å². The number of methoxy groups -OCH3 is 2. The van der Waals surface area contributed by atoms with Crippen molar-refractivity contribution in [3.05, 3.63) is 35.7 Å². The average molecular weight is 263 g/mol. The van der Waals surface area contributed by atoms with Gasteiger partial charge in [0.15, 0.2) is 5.69 Å².